The normalized spacial score (nSPS) is 16.7. The summed E-state index contributed by atoms with van der Waals surface area (Å²) in [6.07, 6.45) is 2.82. The van der Waals surface area contributed by atoms with Gasteiger partial charge in [0.2, 0.25) is 0 Å². The fourth-order valence-corrected chi connectivity index (χ4v) is 4.08. The smallest absolute Gasteiger partial charge is 0.254 e. The quantitative estimate of drug-likeness (QED) is 0.738. The second-order valence-electron chi connectivity index (χ2n) is 7.59. The number of pyridine rings is 1. The zero-order chi connectivity index (χ0) is 19.7. The molecule has 1 saturated heterocycles. The van der Waals surface area contributed by atoms with Crippen molar-refractivity contribution < 1.29 is 9.90 Å². The van der Waals surface area contributed by atoms with Crippen LogP contribution in [0.2, 0.25) is 0 Å². The maximum absolute atomic E-state index is 12.9. The van der Waals surface area contributed by atoms with Crippen molar-refractivity contribution in [3.05, 3.63) is 65.2 Å². The van der Waals surface area contributed by atoms with E-state index in [1.54, 1.807) is 4.90 Å². The van der Waals surface area contributed by atoms with Crippen molar-refractivity contribution in [3.63, 3.8) is 0 Å². The van der Waals surface area contributed by atoms with Gasteiger partial charge in [-0.1, -0.05) is 25.1 Å². The van der Waals surface area contributed by atoms with E-state index in [-0.39, 0.29) is 18.6 Å². The molecule has 1 aliphatic heterocycles. The van der Waals surface area contributed by atoms with Crippen LogP contribution in [-0.2, 0) is 6.42 Å². The molecule has 2 heterocycles. The summed E-state index contributed by atoms with van der Waals surface area (Å²) >= 11 is 0. The molecule has 0 saturated carbocycles. The van der Waals surface area contributed by atoms with Crippen molar-refractivity contribution in [2.45, 2.75) is 39.2 Å². The number of hydrogen-bond donors (Lipinski definition) is 1. The first-order valence-corrected chi connectivity index (χ1v) is 10.0. The van der Waals surface area contributed by atoms with Crippen molar-refractivity contribution >= 4 is 16.8 Å². The van der Waals surface area contributed by atoms with E-state index in [0.717, 1.165) is 36.0 Å². The highest BCUT2D eigenvalue weighted by Gasteiger charge is 2.28. The summed E-state index contributed by atoms with van der Waals surface area (Å²) in [4.78, 5) is 19.6. The van der Waals surface area contributed by atoms with Crippen LogP contribution in [0.1, 0.15) is 41.3 Å². The minimum atomic E-state index is -0.0649. The van der Waals surface area contributed by atoms with E-state index in [0.29, 0.717) is 12.1 Å². The monoisotopic (exact) mass is 374 g/mol. The number of hydrogen-bond acceptors (Lipinski definition) is 3. The van der Waals surface area contributed by atoms with Crippen molar-refractivity contribution in [2.24, 2.45) is 0 Å². The molecule has 1 fully saturated rings. The van der Waals surface area contributed by atoms with E-state index in [2.05, 4.69) is 38.1 Å². The van der Waals surface area contributed by atoms with Crippen LogP contribution in [0.15, 0.2) is 48.5 Å². The molecule has 0 radical (unpaired) electrons. The molecule has 144 valence electrons. The Morgan fingerprint density at radius 3 is 2.86 bits per heavy atom. The lowest BCUT2D eigenvalue weighted by Gasteiger charge is -2.23. The zero-order valence-corrected chi connectivity index (χ0v) is 16.5. The molecule has 2 aromatic carbocycles. The van der Waals surface area contributed by atoms with Gasteiger partial charge in [-0.05, 0) is 67.6 Å². The zero-order valence-electron chi connectivity index (χ0n) is 16.5. The second kappa shape index (κ2) is 7.72. The molecule has 1 N–H and O–H groups in total. The van der Waals surface area contributed by atoms with E-state index in [1.165, 1.54) is 16.5 Å². The lowest BCUT2D eigenvalue weighted by molar-refractivity contribution is 0.0677. The number of likely N-dealkylation sites (tertiary alicyclic amines) is 1. The summed E-state index contributed by atoms with van der Waals surface area (Å²) in [5.74, 6) is -0.0106. The summed E-state index contributed by atoms with van der Waals surface area (Å²) in [5.41, 5.74) is 5.94. The number of aliphatic hydroxyl groups excluding tert-OH is 1. The van der Waals surface area contributed by atoms with Crippen molar-refractivity contribution in [2.75, 3.05) is 13.2 Å². The number of carbonyl (C=O) groups is 1. The highest BCUT2D eigenvalue weighted by molar-refractivity contribution is 5.96. The molecule has 1 aliphatic rings. The first-order chi connectivity index (χ1) is 13.6. The number of fused-ring (bicyclic) bond motifs is 1. The van der Waals surface area contributed by atoms with E-state index >= 15 is 0 Å². The van der Waals surface area contributed by atoms with Gasteiger partial charge in [-0.25, -0.2) is 4.98 Å². The van der Waals surface area contributed by atoms with Gasteiger partial charge in [0.25, 0.3) is 5.91 Å². The average molecular weight is 374 g/mol. The van der Waals surface area contributed by atoms with Crippen LogP contribution in [-0.4, -0.2) is 40.1 Å². The number of aliphatic hydroxyl groups is 1. The molecule has 0 spiro atoms. The number of aromatic nitrogens is 1. The molecule has 0 aliphatic carbocycles. The molecule has 28 heavy (non-hydrogen) atoms. The van der Waals surface area contributed by atoms with Crippen molar-refractivity contribution in [1.29, 1.82) is 0 Å². The SMILES string of the molecule is CCc1ccc2nc(-c3cccc(C(=O)N4CCCC4CO)c3)cc(C)c2c1. The van der Waals surface area contributed by atoms with E-state index < -0.39 is 0 Å². The van der Waals surface area contributed by atoms with Crippen LogP contribution in [0.5, 0.6) is 0 Å². The summed E-state index contributed by atoms with van der Waals surface area (Å²) in [7, 11) is 0. The standard InChI is InChI=1S/C24H26N2O2/c1-3-17-9-10-22-21(13-17)16(2)12-23(25-22)18-6-4-7-19(14-18)24(28)26-11-5-8-20(26)15-27/h4,6-7,9-10,12-14,20,27H,3,5,8,11,15H2,1-2H3. The van der Waals surface area contributed by atoms with Gasteiger partial charge < -0.3 is 10.0 Å². The van der Waals surface area contributed by atoms with Gasteiger partial charge in [0.15, 0.2) is 0 Å². The van der Waals surface area contributed by atoms with Crippen LogP contribution in [0, 0.1) is 6.92 Å². The maximum Gasteiger partial charge on any atom is 0.254 e. The lowest BCUT2D eigenvalue weighted by atomic mass is 10.0. The molecule has 0 bridgehead atoms. The third-order valence-corrected chi connectivity index (χ3v) is 5.74. The minimum absolute atomic E-state index is 0.0106. The summed E-state index contributed by atoms with van der Waals surface area (Å²) in [6, 6.07) is 16.1. The molecule has 3 aromatic rings. The van der Waals surface area contributed by atoms with E-state index in [9.17, 15) is 9.90 Å². The second-order valence-corrected chi connectivity index (χ2v) is 7.59. The van der Waals surface area contributed by atoms with Gasteiger partial charge >= 0.3 is 0 Å². The number of amides is 1. The van der Waals surface area contributed by atoms with Crippen LogP contribution in [0.3, 0.4) is 0 Å². The topological polar surface area (TPSA) is 53.4 Å². The van der Waals surface area contributed by atoms with E-state index in [4.69, 9.17) is 4.98 Å². The van der Waals surface area contributed by atoms with Crippen LogP contribution in [0.4, 0.5) is 0 Å². The Labute approximate surface area is 165 Å². The van der Waals surface area contributed by atoms with Gasteiger partial charge in [-0.15, -0.1) is 0 Å². The molecule has 1 aromatic heterocycles. The maximum atomic E-state index is 12.9. The highest BCUT2D eigenvalue weighted by atomic mass is 16.3. The Balaban J connectivity index is 1.70. The molecular weight excluding hydrogens is 348 g/mol. The van der Waals surface area contributed by atoms with Crippen molar-refractivity contribution in [3.8, 4) is 11.3 Å². The molecule has 4 rings (SSSR count). The number of rotatable bonds is 4. The predicted molar refractivity (Wildman–Crippen MR) is 112 cm³/mol. The molecule has 1 amide bonds. The number of aryl methyl sites for hydroxylation is 2. The Morgan fingerprint density at radius 1 is 1.21 bits per heavy atom. The summed E-state index contributed by atoms with van der Waals surface area (Å²) in [5, 5.41) is 10.7. The molecule has 1 unspecified atom stereocenters. The minimum Gasteiger partial charge on any atom is -0.394 e. The highest BCUT2D eigenvalue weighted by Crippen LogP contribution is 2.27. The van der Waals surface area contributed by atoms with Crippen LogP contribution in [0.25, 0.3) is 22.2 Å². The number of carbonyl (C=O) groups excluding carboxylic acids is 1. The molecule has 4 heteroatoms. The lowest BCUT2D eigenvalue weighted by Crippen LogP contribution is -2.37. The fraction of sp³-hybridized carbons (Fsp3) is 0.333. The first-order valence-electron chi connectivity index (χ1n) is 10.0. The fourth-order valence-electron chi connectivity index (χ4n) is 4.08. The van der Waals surface area contributed by atoms with Gasteiger partial charge in [-0.2, -0.15) is 0 Å². The van der Waals surface area contributed by atoms with Gasteiger partial charge in [-0.3, -0.25) is 4.79 Å². The van der Waals surface area contributed by atoms with Gasteiger partial charge in [0, 0.05) is 23.1 Å². The largest absolute Gasteiger partial charge is 0.394 e. The van der Waals surface area contributed by atoms with Crippen molar-refractivity contribution in [1.82, 2.24) is 9.88 Å². The third-order valence-electron chi connectivity index (χ3n) is 5.74. The number of benzene rings is 2. The Kier molecular flexibility index (Phi) is 5.14. The van der Waals surface area contributed by atoms with Crippen LogP contribution < -0.4 is 0 Å². The Hall–Kier alpha value is -2.72. The molecule has 1 atom stereocenters. The Bertz CT molecular complexity index is 1030. The molecule has 4 nitrogen and oxygen atoms in total. The third kappa shape index (κ3) is 3.40. The van der Waals surface area contributed by atoms with Gasteiger partial charge in [0.1, 0.15) is 0 Å². The molecular formula is C24H26N2O2. The van der Waals surface area contributed by atoms with Gasteiger partial charge in [0.05, 0.1) is 23.9 Å². The Morgan fingerprint density at radius 2 is 2.07 bits per heavy atom. The average Bonchev–Trinajstić information content (AvgIpc) is 3.22. The first kappa shape index (κ1) is 18.6. The summed E-state index contributed by atoms with van der Waals surface area (Å²) < 4.78 is 0. The summed E-state index contributed by atoms with van der Waals surface area (Å²) in [6.45, 7) is 5.00. The van der Waals surface area contributed by atoms with E-state index in [1.807, 2.05) is 24.3 Å². The van der Waals surface area contributed by atoms with Crippen LogP contribution >= 0.6 is 0 Å². The number of nitrogens with zero attached hydrogens (tertiary/aromatic N) is 2. The predicted octanol–water partition coefficient (Wildman–Crippen LogP) is 4.37.